The van der Waals surface area contributed by atoms with Crippen LogP contribution in [0.1, 0.15) is 46.5 Å². The number of unbranched alkanes of at least 4 members (excludes halogenated alkanes) is 1. The molecule has 1 amide bonds. The first kappa shape index (κ1) is 50.8. The molecule has 18 heteroatoms. The number of hydrogen-bond donors (Lipinski definition) is 2. The lowest BCUT2D eigenvalue weighted by atomic mass is 10.2. The Morgan fingerprint density at radius 2 is 0.717 bits per heavy atom. The zero-order chi connectivity index (χ0) is 38.9. The van der Waals surface area contributed by atoms with Gasteiger partial charge in [-0.15, -0.1) is 0 Å². The van der Waals surface area contributed by atoms with E-state index in [1.54, 1.807) is 0 Å². The Bertz CT molecular complexity index is 831. The van der Waals surface area contributed by atoms with E-state index < -0.39 is 17.7 Å². The van der Waals surface area contributed by atoms with Gasteiger partial charge in [0.2, 0.25) is 0 Å². The van der Waals surface area contributed by atoms with Crippen LogP contribution in [-0.2, 0) is 71.2 Å². The van der Waals surface area contributed by atoms with Gasteiger partial charge in [0.05, 0.1) is 145 Å². The fourth-order valence-corrected chi connectivity index (χ4v) is 3.67. The smallest absolute Gasteiger partial charge is 0.407 e. The highest BCUT2D eigenvalue weighted by molar-refractivity contribution is 5.69. The topological polar surface area (TPSA) is 203 Å². The second kappa shape index (κ2) is 39.5. The van der Waals surface area contributed by atoms with Crippen molar-refractivity contribution in [3.8, 4) is 0 Å². The quantitative estimate of drug-likeness (QED) is 0.0673. The number of carboxylic acid groups (broad SMARTS) is 1. The molecule has 0 fully saturated rings. The number of ether oxygens (including phenoxy) is 13. The summed E-state index contributed by atoms with van der Waals surface area (Å²) in [5, 5.41) is 11.2. The minimum Gasteiger partial charge on any atom is -0.481 e. The number of carbonyl (C=O) groups is 3. The van der Waals surface area contributed by atoms with E-state index in [4.69, 9.17) is 66.7 Å². The second-order valence-electron chi connectivity index (χ2n) is 12.0. The lowest BCUT2D eigenvalue weighted by Crippen LogP contribution is -2.34. The maximum absolute atomic E-state index is 11.5. The Balaban J connectivity index is 3.13. The van der Waals surface area contributed by atoms with Crippen molar-refractivity contribution in [2.75, 3.05) is 159 Å². The molecule has 0 aliphatic rings. The van der Waals surface area contributed by atoms with E-state index in [1.165, 1.54) is 0 Å². The van der Waals surface area contributed by atoms with Gasteiger partial charge in [-0.1, -0.05) is 0 Å². The third-order valence-electron chi connectivity index (χ3n) is 6.15. The van der Waals surface area contributed by atoms with Crippen LogP contribution in [0.15, 0.2) is 0 Å². The molecule has 0 aromatic heterocycles. The minimum atomic E-state index is -0.867. The van der Waals surface area contributed by atoms with Crippen molar-refractivity contribution in [2.24, 2.45) is 0 Å². The zero-order valence-corrected chi connectivity index (χ0v) is 32.3. The molecule has 0 saturated carbocycles. The molecule has 0 atom stereocenters. The first-order valence-corrected chi connectivity index (χ1v) is 18.4. The van der Waals surface area contributed by atoms with Gasteiger partial charge in [0.25, 0.3) is 0 Å². The predicted molar refractivity (Wildman–Crippen MR) is 190 cm³/mol. The van der Waals surface area contributed by atoms with Crippen LogP contribution in [0, 0.1) is 0 Å². The standard InChI is InChI=1S/C35H67NO17/c1-35(2,3)53-34(40)36-8-9-41-10-11-42-12-13-43-14-15-44-16-17-45-18-19-46-20-21-47-22-23-48-24-25-49-26-27-50-28-29-51-30-31-52-33(39)7-5-4-6-32(37)38/h4-31H2,1-3H3,(H,36,40)(H,37,38). The molecule has 0 unspecified atom stereocenters. The number of aliphatic carboxylic acids is 1. The highest BCUT2D eigenvalue weighted by atomic mass is 16.6. The fraction of sp³-hybridized carbons (Fsp3) is 0.914. The molecule has 314 valence electrons. The van der Waals surface area contributed by atoms with E-state index >= 15 is 0 Å². The average molecular weight is 774 g/mol. The Kier molecular flexibility index (Phi) is 37.8. The van der Waals surface area contributed by atoms with E-state index in [2.05, 4.69) is 5.32 Å². The third-order valence-corrected chi connectivity index (χ3v) is 6.15. The Labute approximate surface area is 314 Å². The summed E-state index contributed by atoms with van der Waals surface area (Å²) in [6, 6.07) is 0. The molecule has 2 N–H and O–H groups in total. The number of hydrogen-bond acceptors (Lipinski definition) is 16. The van der Waals surface area contributed by atoms with Gasteiger partial charge in [0, 0.05) is 19.4 Å². The highest BCUT2D eigenvalue weighted by Crippen LogP contribution is 2.06. The summed E-state index contributed by atoms with van der Waals surface area (Å²) in [5.74, 6) is -1.22. The van der Waals surface area contributed by atoms with Crippen LogP contribution in [0.3, 0.4) is 0 Å². The Hall–Kier alpha value is -2.23. The largest absolute Gasteiger partial charge is 0.481 e. The van der Waals surface area contributed by atoms with Crippen LogP contribution in [0.5, 0.6) is 0 Å². The van der Waals surface area contributed by atoms with E-state index in [0.717, 1.165) is 0 Å². The second-order valence-corrected chi connectivity index (χ2v) is 12.0. The monoisotopic (exact) mass is 773 g/mol. The molecular weight excluding hydrogens is 706 g/mol. The van der Waals surface area contributed by atoms with E-state index in [1.807, 2.05) is 20.8 Å². The molecule has 53 heavy (non-hydrogen) atoms. The number of amides is 1. The van der Waals surface area contributed by atoms with E-state index in [0.29, 0.717) is 158 Å². The van der Waals surface area contributed by atoms with Gasteiger partial charge >= 0.3 is 18.0 Å². The number of carbonyl (C=O) groups excluding carboxylic acids is 2. The molecule has 0 aliphatic heterocycles. The third kappa shape index (κ3) is 45.9. The van der Waals surface area contributed by atoms with Gasteiger partial charge in [0.1, 0.15) is 12.2 Å². The van der Waals surface area contributed by atoms with Gasteiger partial charge in [-0.05, 0) is 33.6 Å². The summed E-state index contributed by atoms with van der Waals surface area (Å²) < 4.78 is 69.9. The van der Waals surface area contributed by atoms with Crippen LogP contribution in [0.4, 0.5) is 4.79 Å². The molecule has 0 aliphatic carbocycles. The van der Waals surface area contributed by atoms with E-state index in [9.17, 15) is 14.4 Å². The molecule has 0 saturated heterocycles. The molecule has 0 spiro atoms. The maximum Gasteiger partial charge on any atom is 0.407 e. The molecule has 0 radical (unpaired) electrons. The first-order valence-electron chi connectivity index (χ1n) is 18.4. The van der Waals surface area contributed by atoms with Crippen LogP contribution in [-0.4, -0.2) is 187 Å². The number of rotatable bonds is 41. The minimum absolute atomic E-state index is 0.0558. The average Bonchev–Trinajstić information content (AvgIpc) is 3.10. The summed E-state index contributed by atoms with van der Waals surface area (Å²) in [6.07, 6.45) is 0.757. The van der Waals surface area contributed by atoms with Crippen molar-refractivity contribution in [2.45, 2.75) is 52.1 Å². The normalized spacial score (nSPS) is 11.5. The van der Waals surface area contributed by atoms with Gasteiger partial charge < -0.3 is 72.0 Å². The Morgan fingerprint density at radius 3 is 1.02 bits per heavy atom. The van der Waals surface area contributed by atoms with Crippen molar-refractivity contribution in [1.29, 1.82) is 0 Å². The van der Waals surface area contributed by atoms with Crippen LogP contribution < -0.4 is 5.32 Å². The summed E-state index contributed by atoms with van der Waals surface area (Å²) >= 11 is 0. The lowest BCUT2D eigenvalue weighted by molar-refractivity contribution is -0.146. The first-order chi connectivity index (χ1) is 25.7. The van der Waals surface area contributed by atoms with E-state index in [-0.39, 0.29) is 32.0 Å². The zero-order valence-electron chi connectivity index (χ0n) is 32.3. The molecule has 0 bridgehead atoms. The molecule has 0 aromatic rings. The predicted octanol–water partition coefficient (Wildman–Crippen LogP) is 1.88. The molecule has 0 aromatic carbocycles. The van der Waals surface area contributed by atoms with Gasteiger partial charge in [0.15, 0.2) is 0 Å². The fourth-order valence-electron chi connectivity index (χ4n) is 3.67. The molecule has 0 rings (SSSR count). The Morgan fingerprint density at radius 1 is 0.434 bits per heavy atom. The van der Waals surface area contributed by atoms with Gasteiger partial charge in [-0.25, -0.2) is 4.79 Å². The van der Waals surface area contributed by atoms with Crippen LogP contribution >= 0.6 is 0 Å². The molecule has 0 heterocycles. The summed E-state index contributed by atoms with van der Waals surface area (Å²) in [5.41, 5.74) is -0.519. The van der Waals surface area contributed by atoms with Gasteiger partial charge in [-0.3, -0.25) is 9.59 Å². The maximum atomic E-state index is 11.5. The summed E-state index contributed by atoms with van der Waals surface area (Å²) in [4.78, 5) is 33.4. The number of nitrogens with one attached hydrogen (secondary N) is 1. The lowest BCUT2D eigenvalue weighted by Gasteiger charge is -2.19. The summed E-state index contributed by atoms with van der Waals surface area (Å²) in [6.45, 7) is 15.7. The van der Waals surface area contributed by atoms with Crippen molar-refractivity contribution in [1.82, 2.24) is 5.32 Å². The number of esters is 1. The number of alkyl carbamates (subject to hydrolysis) is 1. The van der Waals surface area contributed by atoms with Crippen molar-refractivity contribution in [3.05, 3.63) is 0 Å². The van der Waals surface area contributed by atoms with Crippen molar-refractivity contribution < 1.29 is 81.1 Å². The number of carboxylic acids is 1. The van der Waals surface area contributed by atoms with Crippen LogP contribution in [0.2, 0.25) is 0 Å². The van der Waals surface area contributed by atoms with Crippen LogP contribution in [0.25, 0.3) is 0 Å². The molecule has 18 nitrogen and oxygen atoms in total. The van der Waals surface area contributed by atoms with Crippen molar-refractivity contribution >= 4 is 18.0 Å². The summed E-state index contributed by atoms with van der Waals surface area (Å²) in [7, 11) is 0. The highest BCUT2D eigenvalue weighted by Gasteiger charge is 2.15. The SMILES string of the molecule is CC(C)(C)OC(=O)NCCOCCOCCOCCOCCOCCOCCOCCOCCOCCOCCOCCOC(=O)CCCCC(=O)O. The van der Waals surface area contributed by atoms with Gasteiger partial charge in [-0.2, -0.15) is 0 Å². The van der Waals surface area contributed by atoms with Crippen molar-refractivity contribution in [3.63, 3.8) is 0 Å². The molecular formula is C35H67NO17.